The van der Waals surface area contributed by atoms with Gasteiger partial charge in [-0.1, -0.05) is 66.2 Å². The molecule has 4 aromatic carbocycles. The SMILES string of the molecule is Cc1ccc(S(=O)(=O)N(CC(=O)N(Cc2ccccc2F)[C@H](Cc2ccccc2)C(=O)NC(C)C)c2ccc(F)cc2)cc1. The predicted octanol–water partition coefficient (Wildman–Crippen LogP) is 5.63. The molecule has 0 saturated carbocycles. The van der Waals surface area contributed by atoms with E-state index < -0.39 is 46.1 Å². The summed E-state index contributed by atoms with van der Waals surface area (Å²) in [6.45, 7) is 4.36. The number of rotatable bonds is 12. The molecule has 7 nitrogen and oxygen atoms in total. The molecule has 0 spiro atoms. The van der Waals surface area contributed by atoms with Crippen LogP contribution < -0.4 is 9.62 Å². The van der Waals surface area contributed by atoms with Crippen LogP contribution in [-0.4, -0.2) is 43.8 Å². The second kappa shape index (κ2) is 14.3. The van der Waals surface area contributed by atoms with Crippen LogP contribution in [0.5, 0.6) is 0 Å². The second-order valence-electron chi connectivity index (χ2n) is 10.8. The van der Waals surface area contributed by atoms with Crippen molar-refractivity contribution in [3.8, 4) is 0 Å². The van der Waals surface area contributed by atoms with Crippen molar-refractivity contribution in [1.82, 2.24) is 10.2 Å². The fourth-order valence-corrected chi connectivity index (χ4v) is 6.13. The van der Waals surface area contributed by atoms with Gasteiger partial charge in [0.2, 0.25) is 11.8 Å². The Kier molecular flexibility index (Phi) is 10.5. The molecule has 0 aromatic heterocycles. The molecule has 0 aliphatic heterocycles. The van der Waals surface area contributed by atoms with Gasteiger partial charge in [0.25, 0.3) is 10.0 Å². The molecule has 0 aliphatic carbocycles. The standard InChI is InChI=1S/C34H35F2N3O4S/c1-24(2)37-34(41)32(21-26-9-5-4-6-10-26)38(22-27-11-7-8-12-31(27)36)33(40)23-39(29-17-15-28(35)16-18-29)44(42,43)30-19-13-25(3)14-20-30/h4-20,24,32H,21-23H2,1-3H3,(H,37,41)/t32-/m1/s1. The maximum absolute atomic E-state index is 14.9. The highest BCUT2D eigenvalue weighted by Crippen LogP contribution is 2.26. The molecular weight excluding hydrogens is 584 g/mol. The molecule has 0 radical (unpaired) electrons. The van der Waals surface area contributed by atoms with Gasteiger partial charge >= 0.3 is 0 Å². The summed E-state index contributed by atoms with van der Waals surface area (Å²) in [6, 6.07) is 24.5. The summed E-state index contributed by atoms with van der Waals surface area (Å²) >= 11 is 0. The van der Waals surface area contributed by atoms with E-state index in [-0.39, 0.29) is 35.2 Å². The molecule has 44 heavy (non-hydrogen) atoms. The number of aryl methyl sites for hydroxylation is 1. The number of halogens is 2. The number of hydrogen-bond donors (Lipinski definition) is 1. The minimum atomic E-state index is -4.33. The summed E-state index contributed by atoms with van der Waals surface area (Å²) in [5.41, 5.74) is 1.80. The summed E-state index contributed by atoms with van der Waals surface area (Å²) in [5.74, 6) is -2.37. The smallest absolute Gasteiger partial charge is 0.264 e. The average molecular weight is 620 g/mol. The third kappa shape index (κ3) is 8.08. The van der Waals surface area contributed by atoms with Crippen LogP contribution in [0.2, 0.25) is 0 Å². The lowest BCUT2D eigenvalue weighted by atomic mass is 10.0. The first-order valence-electron chi connectivity index (χ1n) is 14.2. The van der Waals surface area contributed by atoms with Crippen molar-refractivity contribution in [2.24, 2.45) is 0 Å². The van der Waals surface area contributed by atoms with E-state index in [0.29, 0.717) is 0 Å². The van der Waals surface area contributed by atoms with Gasteiger partial charge in [0, 0.05) is 24.6 Å². The number of nitrogens with zero attached hydrogens (tertiary/aromatic N) is 2. The van der Waals surface area contributed by atoms with Gasteiger partial charge in [-0.25, -0.2) is 17.2 Å². The van der Waals surface area contributed by atoms with Gasteiger partial charge in [0.15, 0.2) is 0 Å². The van der Waals surface area contributed by atoms with E-state index in [4.69, 9.17) is 0 Å². The van der Waals surface area contributed by atoms with Crippen molar-refractivity contribution < 1.29 is 26.8 Å². The molecule has 1 atom stereocenters. The minimum Gasteiger partial charge on any atom is -0.352 e. The molecule has 10 heteroatoms. The number of benzene rings is 4. The first-order chi connectivity index (χ1) is 21.0. The fraction of sp³-hybridized carbons (Fsp3) is 0.235. The molecular formula is C34H35F2N3O4S. The number of carbonyl (C=O) groups excluding carboxylic acids is 2. The zero-order valence-electron chi connectivity index (χ0n) is 24.8. The molecule has 0 saturated heterocycles. The zero-order chi connectivity index (χ0) is 31.9. The highest BCUT2D eigenvalue weighted by atomic mass is 32.2. The Morgan fingerprint density at radius 3 is 2.05 bits per heavy atom. The van der Waals surface area contributed by atoms with Crippen LogP contribution in [0.25, 0.3) is 0 Å². The first-order valence-corrected chi connectivity index (χ1v) is 15.6. The van der Waals surface area contributed by atoms with Gasteiger partial charge in [-0.2, -0.15) is 0 Å². The second-order valence-corrected chi connectivity index (χ2v) is 12.6. The average Bonchev–Trinajstić information content (AvgIpc) is 2.99. The zero-order valence-corrected chi connectivity index (χ0v) is 25.6. The van der Waals surface area contributed by atoms with Crippen molar-refractivity contribution in [2.75, 3.05) is 10.8 Å². The molecule has 0 heterocycles. The highest BCUT2D eigenvalue weighted by Gasteiger charge is 2.35. The number of amides is 2. The number of anilines is 1. The number of sulfonamides is 1. The van der Waals surface area contributed by atoms with Crippen molar-refractivity contribution in [2.45, 2.75) is 50.7 Å². The third-order valence-corrected chi connectivity index (χ3v) is 8.79. The van der Waals surface area contributed by atoms with Crippen LogP contribution >= 0.6 is 0 Å². The van der Waals surface area contributed by atoms with E-state index in [1.54, 1.807) is 44.2 Å². The van der Waals surface area contributed by atoms with Gasteiger partial charge in [-0.15, -0.1) is 0 Å². The minimum absolute atomic E-state index is 0.0532. The van der Waals surface area contributed by atoms with Crippen LogP contribution in [-0.2, 0) is 32.6 Å². The van der Waals surface area contributed by atoms with Crippen molar-refractivity contribution >= 4 is 27.5 Å². The van der Waals surface area contributed by atoms with Gasteiger partial charge in [-0.3, -0.25) is 13.9 Å². The Balaban J connectivity index is 1.81. The van der Waals surface area contributed by atoms with E-state index in [9.17, 15) is 26.8 Å². The molecule has 2 amide bonds. The largest absolute Gasteiger partial charge is 0.352 e. The molecule has 230 valence electrons. The Morgan fingerprint density at radius 1 is 0.818 bits per heavy atom. The normalized spacial score (nSPS) is 12.0. The summed E-state index contributed by atoms with van der Waals surface area (Å²) in [7, 11) is -4.33. The van der Waals surface area contributed by atoms with E-state index in [1.165, 1.54) is 47.4 Å². The molecule has 4 aromatic rings. The highest BCUT2D eigenvalue weighted by molar-refractivity contribution is 7.92. The van der Waals surface area contributed by atoms with Gasteiger partial charge in [-0.05, 0) is 68.8 Å². The Bertz CT molecular complexity index is 1680. The molecule has 4 rings (SSSR count). The van der Waals surface area contributed by atoms with Crippen LogP contribution in [0.3, 0.4) is 0 Å². The van der Waals surface area contributed by atoms with Gasteiger partial charge in [0.1, 0.15) is 24.2 Å². The molecule has 1 N–H and O–H groups in total. The predicted molar refractivity (Wildman–Crippen MR) is 166 cm³/mol. The van der Waals surface area contributed by atoms with Crippen molar-refractivity contribution in [3.63, 3.8) is 0 Å². The van der Waals surface area contributed by atoms with Gasteiger partial charge < -0.3 is 10.2 Å². The number of hydrogen-bond acceptors (Lipinski definition) is 4. The van der Waals surface area contributed by atoms with E-state index in [0.717, 1.165) is 27.6 Å². The maximum atomic E-state index is 14.9. The quantitative estimate of drug-likeness (QED) is 0.223. The lowest BCUT2D eigenvalue weighted by Crippen LogP contribution is -2.54. The molecule has 0 bridgehead atoms. The number of carbonyl (C=O) groups is 2. The van der Waals surface area contributed by atoms with E-state index in [2.05, 4.69) is 5.32 Å². The summed E-state index contributed by atoms with van der Waals surface area (Å²) in [4.78, 5) is 29.1. The topological polar surface area (TPSA) is 86.8 Å². The van der Waals surface area contributed by atoms with Crippen molar-refractivity contribution in [1.29, 1.82) is 0 Å². The lowest BCUT2D eigenvalue weighted by Gasteiger charge is -2.34. The third-order valence-electron chi connectivity index (χ3n) is 7.00. The number of nitrogens with one attached hydrogen (secondary N) is 1. The van der Waals surface area contributed by atoms with Crippen LogP contribution in [0.15, 0.2) is 108 Å². The Hall–Kier alpha value is -4.57. The summed E-state index contributed by atoms with van der Waals surface area (Å²) < 4.78 is 57.6. The maximum Gasteiger partial charge on any atom is 0.264 e. The lowest BCUT2D eigenvalue weighted by molar-refractivity contribution is -0.140. The summed E-state index contributed by atoms with van der Waals surface area (Å²) in [6.07, 6.45) is 0.0981. The molecule has 0 aliphatic rings. The van der Waals surface area contributed by atoms with E-state index >= 15 is 0 Å². The van der Waals surface area contributed by atoms with Crippen LogP contribution in [0.4, 0.5) is 14.5 Å². The molecule has 0 unspecified atom stereocenters. The Morgan fingerprint density at radius 2 is 1.43 bits per heavy atom. The van der Waals surface area contributed by atoms with Gasteiger partial charge in [0.05, 0.1) is 10.6 Å². The van der Waals surface area contributed by atoms with Crippen molar-refractivity contribution in [3.05, 3.63) is 131 Å². The molecule has 0 fully saturated rings. The van der Waals surface area contributed by atoms with Crippen LogP contribution in [0, 0.1) is 18.6 Å². The summed E-state index contributed by atoms with van der Waals surface area (Å²) in [5, 5.41) is 2.85. The monoisotopic (exact) mass is 619 g/mol. The van der Waals surface area contributed by atoms with Crippen LogP contribution in [0.1, 0.15) is 30.5 Å². The first kappa shape index (κ1) is 32.3. The Labute approximate surface area is 257 Å². The van der Waals surface area contributed by atoms with E-state index in [1.807, 2.05) is 25.1 Å². The fourth-order valence-electron chi connectivity index (χ4n) is 4.72.